The summed E-state index contributed by atoms with van der Waals surface area (Å²) in [5.74, 6) is -0.968. The molecule has 1 aromatic carbocycles. The first-order chi connectivity index (χ1) is 14.8. The van der Waals surface area contributed by atoms with Gasteiger partial charge in [0.1, 0.15) is 5.00 Å². The largest absolute Gasteiger partial charge is 0.462 e. The summed E-state index contributed by atoms with van der Waals surface area (Å²) in [6.07, 6.45) is 2.65. The van der Waals surface area contributed by atoms with E-state index in [9.17, 15) is 14.4 Å². The van der Waals surface area contributed by atoms with Crippen LogP contribution in [0.1, 0.15) is 51.4 Å². The van der Waals surface area contributed by atoms with Gasteiger partial charge < -0.3 is 19.7 Å². The lowest BCUT2D eigenvalue weighted by Crippen LogP contribution is -2.22. The van der Waals surface area contributed by atoms with E-state index in [2.05, 4.69) is 12.2 Å². The predicted octanol–water partition coefficient (Wildman–Crippen LogP) is 3.91. The fraction of sp³-hybridized carbons (Fsp3) is 0.435. The Kier molecular flexibility index (Phi) is 7.33. The van der Waals surface area contributed by atoms with Crippen LogP contribution >= 0.6 is 11.3 Å². The quantitative estimate of drug-likeness (QED) is 0.652. The number of hydrogen-bond donors (Lipinski definition) is 1. The van der Waals surface area contributed by atoms with Gasteiger partial charge in [-0.3, -0.25) is 4.79 Å². The fourth-order valence-electron chi connectivity index (χ4n) is 3.55. The molecule has 0 aliphatic heterocycles. The number of esters is 2. The third-order valence-electron chi connectivity index (χ3n) is 5.18. The third kappa shape index (κ3) is 5.44. The minimum atomic E-state index is -0.580. The smallest absolute Gasteiger partial charge is 0.341 e. The predicted molar refractivity (Wildman–Crippen MR) is 121 cm³/mol. The maximum atomic E-state index is 12.5. The van der Waals surface area contributed by atoms with Gasteiger partial charge in [0, 0.05) is 24.7 Å². The molecule has 1 atom stereocenters. The molecule has 1 aliphatic rings. The van der Waals surface area contributed by atoms with E-state index in [0.717, 1.165) is 35.4 Å². The molecule has 31 heavy (non-hydrogen) atoms. The lowest BCUT2D eigenvalue weighted by molar-refractivity contribution is -0.119. The maximum absolute atomic E-state index is 12.5. The molecule has 0 fully saturated rings. The van der Waals surface area contributed by atoms with Gasteiger partial charge in [0.25, 0.3) is 5.91 Å². The minimum absolute atomic E-state index is 0.261. The van der Waals surface area contributed by atoms with Gasteiger partial charge >= 0.3 is 11.9 Å². The second-order valence-electron chi connectivity index (χ2n) is 7.85. The molecule has 0 radical (unpaired) electrons. The van der Waals surface area contributed by atoms with E-state index in [1.54, 1.807) is 25.1 Å². The zero-order valence-corrected chi connectivity index (χ0v) is 19.1. The van der Waals surface area contributed by atoms with Crippen LogP contribution in [0, 0.1) is 5.92 Å². The van der Waals surface area contributed by atoms with Crippen molar-refractivity contribution in [2.75, 3.05) is 37.5 Å². The first-order valence-electron chi connectivity index (χ1n) is 10.4. The van der Waals surface area contributed by atoms with E-state index < -0.39 is 24.5 Å². The van der Waals surface area contributed by atoms with Crippen LogP contribution in [0.3, 0.4) is 0 Å². The van der Waals surface area contributed by atoms with Crippen molar-refractivity contribution in [2.45, 2.75) is 33.1 Å². The molecule has 1 amide bonds. The van der Waals surface area contributed by atoms with Gasteiger partial charge in [0.05, 0.1) is 17.7 Å². The highest BCUT2D eigenvalue weighted by Gasteiger charge is 2.29. The van der Waals surface area contributed by atoms with Gasteiger partial charge in [0.15, 0.2) is 6.61 Å². The SMILES string of the molecule is CCOC(=O)c1c(NC(=O)COC(=O)c2cccc(N(C)C)c2)sc2c1CC[C@H](C)C2. The van der Waals surface area contributed by atoms with Crippen LogP contribution in [-0.4, -0.2) is 45.2 Å². The normalized spacial score (nSPS) is 15.0. The van der Waals surface area contributed by atoms with Crippen LogP contribution in [0.4, 0.5) is 10.7 Å². The van der Waals surface area contributed by atoms with Gasteiger partial charge in [-0.25, -0.2) is 9.59 Å². The average Bonchev–Trinajstić information content (AvgIpc) is 3.08. The van der Waals surface area contributed by atoms with Gasteiger partial charge in [-0.1, -0.05) is 13.0 Å². The standard InChI is InChI=1S/C23H28N2O5S/c1-5-29-23(28)20-17-10-9-14(2)11-18(17)31-21(20)24-19(26)13-30-22(27)15-7-6-8-16(12-15)25(3)4/h6-8,12,14H,5,9-11,13H2,1-4H3,(H,24,26)/t14-/m0/s1. The zero-order chi connectivity index (χ0) is 22.5. The summed E-state index contributed by atoms with van der Waals surface area (Å²) in [4.78, 5) is 40.4. The van der Waals surface area contributed by atoms with Crippen molar-refractivity contribution >= 4 is 39.9 Å². The van der Waals surface area contributed by atoms with Gasteiger partial charge in [-0.15, -0.1) is 11.3 Å². The number of carbonyl (C=O) groups excluding carboxylic acids is 3. The van der Waals surface area contributed by atoms with Crippen molar-refractivity contribution in [3.63, 3.8) is 0 Å². The van der Waals surface area contributed by atoms with Crippen LogP contribution in [0.2, 0.25) is 0 Å². The van der Waals surface area contributed by atoms with E-state index in [1.165, 1.54) is 11.3 Å². The second kappa shape index (κ2) is 9.96. The maximum Gasteiger partial charge on any atom is 0.341 e. The van der Waals surface area contributed by atoms with Gasteiger partial charge in [-0.05, 0) is 55.9 Å². The Labute approximate surface area is 186 Å². The highest BCUT2D eigenvalue weighted by atomic mass is 32.1. The summed E-state index contributed by atoms with van der Waals surface area (Å²) in [5.41, 5.74) is 2.63. The molecule has 1 aliphatic carbocycles. The van der Waals surface area contributed by atoms with Crippen LogP contribution in [0.5, 0.6) is 0 Å². The number of hydrogen-bond acceptors (Lipinski definition) is 7. The Hall–Kier alpha value is -2.87. The number of nitrogens with one attached hydrogen (secondary N) is 1. The van der Waals surface area contributed by atoms with Crippen molar-refractivity contribution in [3.05, 3.63) is 45.8 Å². The van der Waals surface area contributed by atoms with E-state index in [4.69, 9.17) is 9.47 Å². The minimum Gasteiger partial charge on any atom is -0.462 e. The van der Waals surface area contributed by atoms with Crippen LogP contribution in [0.15, 0.2) is 24.3 Å². The molecule has 0 unspecified atom stereocenters. The fourth-order valence-corrected chi connectivity index (χ4v) is 4.96. The van der Waals surface area contributed by atoms with Crippen molar-refractivity contribution in [3.8, 4) is 0 Å². The molecule has 166 valence electrons. The molecule has 7 nitrogen and oxygen atoms in total. The van der Waals surface area contributed by atoms with Crippen molar-refractivity contribution in [1.82, 2.24) is 0 Å². The van der Waals surface area contributed by atoms with Crippen molar-refractivity contribution < 1.29 is 23.9 Å². The molecule has 0 saturated heterocycles. The summed E-state index contributed by atoms with van der Waals surface area (Å²) >= 11 is 1.41. The zero-order valence-electron chi connectivity index (χ0n) is 18.3. The summed E-state index contributed by atoms with van der Waals surface area (Å²) in [6.45, 7) is 3.75. The lowest BCUT2D eigenvalue weighted by atomic mass is 9.88. The summed E-state index contributed by atoms with van der Waals surface area (Å²) in [5, 5.41) is 3.22. The van der Waals surface area contributed by atoms with E-state index in [1.807, 2.05) is 25.1 Å². The number of amides is 1. The number of benzene rings is 1. The van der Waals surface area contributed by atoms with Crippen LogP contribution in [-0.2, 0) is 27.1 Å². The summed E-state index contributed by atoms with van der Waals surface area (Å²) in [6, 6.07) is 6.97. The molecular formula is C23H28N2O5S. The lowest BCUT2D eigenvalue weighted by Gasteiger charge is -2.18. The Morgan fingerprint density at radius 2 is 1.97 bits per heavy atom. The molecule has 2 aromatic rings. The van der Waals surface area contributed by atoms with Crippen molar-refractivity contribution in [2.24, 2.45) is 5.92 Å². The number of nitrogens with zero attached hydrogens (tertiary/aromatic N) is 1. The molecule has 1 N–H and O–H groups in total. The molecule has 0 saturated carbocycles. The topological polar surface area (TPSA) is 84.9 Å². The van der Waals surface area contributed by atoms with E-state index >= 15 is 0 Å². The number of carbonyl (C=O) groups is 3. The van der Waals surface area contributed by atoms with Crippen molar-refractivity contribution in [1.29, 1.82) is 0 Å². The van der Waals surface area contributed by atoms with E-state index in [-0.39, 0.29) is 6.61 Å². The molecule has 1 aromatic heterocycles. The monoisotopic (exact) mass is 444 g/mol. The Morgan fingerprint density at radius 3 is 2.68 bits per heavy atom. The summed E-state index contributed by atoms with van der Waals surface area (Å²) < 4.78 is 10.4. The van der Waals surface area contributed by atoms with E-state index in [0.29, 0.717) is 22.0 Å². The van der Waals surface area contributed by atoms with Gasteiger partial charge in [-0.2, -0.15) is 0 Å². The van der Waals surface area contributed by atoms with Crippen LogP contribution < -0.4 is 10.2 Å². The van der Waals surface area contributed by atoms with Gasteiger partial charge in [0.2, 0.25) is 0 Å². The Morgan fingerprint density at radius 1 is 1.19 bits per heavy atom. The Bertz CT molecular complexity index is 982. The molecule has 3 rings (SSSR count). The average molecular weight is 445 g/mol. The highest BCUT2D eigenvalue weighted by molar-refractivity contribution is 7.17. The number of ether oxygens (including phenoxy) is 2. The molecule has 1 heterocycles. The third-order valence-corrected chi connectivity index (χ3v) is 6.35. The summed E-state index contributed by atoms with van der Waals surface area (Å²) in [7, 11) is 3.75. The second-order valence-corrected chi connectivity index (χ2v) is 8.95. The molecule has 8 heteroatoms. The first-order valence-corrected chi connectivity index (χ1v) is 11.2. The number of thiophene rings is 1. The number of anilines is 2. The highest BCUT2D eigenvalue weighted by Crippen LogP contribution is 2.40. The molecule has 0 bridgehead atoms. The molecule has 0 spiro atoms. The number of rotatable bonds is 7. The van der Waals surface area contributed by atoms with Crippen LogP contribution in [0.25, 0.3) is 0 Å². The molecular weight excluding hydrogens is 416 g/mol. The Balaban J connectivity index is 1.69. The number of fused-ring (bicyclic) bond motifs is 1. The first kappa shape index (κ1) is 22.8.